The number of ether oxygens (including phenoxy) is 1. The first kappa shape index (κ1) is 17.2. The molecule has 0 aromatic heterocycles. The number of nitrogens with zero attached hydrogens (tertiary/aromatic N) is 1. The molecule has 2 aliphatic heterocycles. The molecule has 142 valence electrons. The number of ketones is 1. The lowest BCUT2D eigenvalue weighted by molar-refractivity contribution is 0.101. The highest BCUT2D eigenvalue weighted by Gasteiger charge is 2.32. The van der Waals surface area contributed by atoms with Gasteiger partial charge < -0.3 is 15.2 Å². The molecule has 2 heterocycles. The van der Waals surface area contributed by atoms with E-state index in [1.165, 1.54) is 5.56 Å². The number of hydrogen-bond donors (Lipinski definition) is 2. The van der Waals surface area contributed by atoms with Gasteiger partial charge in [0.05, 0.1) is 11.1 Å². The maximum Gasteiger partial charge on any atom is 0.231 e. The quantitative estimate of drug-likeness (QED) is 0.809. The van der Waals surface area contributed by atoms with Crippen molar-refractivity contribution in [1.82, 2.24) is 10.2 Å². The molecule has 28 heavy (non-hydrogen) atoms. The second-order valence-corrected chi connectivity index (χ2v) is 7.43. The van der Waals surface area contributed by atoms with Crippen molar-refractivity contribution in [2.24, 2.45) is 0 Å². The number of phenolic OH excluding ortho intramolecular Hbond substituents is 1. The summed E-state index contributed by atoms with van der Waals surface area (Å²) in [5, 5.41) is 13.8. The summed E-state index contributed by atoms with van der Waals surface area (Å²) >= 11 is 0. The van der Waals surface area contributed by atoms with E-state index in [4.69, 9.17) is 4.74 Å². The van der Waals surface area contributed by atoms with Crippen molar-refractivity contribution in [2.45, 2.75) is 13.0 Å². The molecule has 0 amide bonds. The van der Waals surface area contributed by atoms with Crippen LogP contribution in [-0.2, 0) is 13.0 Å². The fraction of sp³-hybridized carbons (Fsp3) is 0.261. The molecule has 1 saturated heterocycles. The zero-order valence-corrected chi connectivity index (χ0v) is 15.6. The van der Waals surface area contributed by atoms with Gasteiger partial charge in [-0.1, -0.05) is 30.3 Å². The van der Waals surface area contributed by atoms with Crippen molar-refractivity contribution in [3.63, 3.8) is 0 Å². The minimum Gasteiger partial charge on any atom is -0.507 e. The Kier molecular flexibility index (Phi) is 4.26. The van der Waals surface area contributed by atoms with Gasteiger partial charge in [0.25, 0.3) is 0 Å². The molecule has 0 saturated carbocycles. The predicted octanol–water partition coefficient (Wildman–Crippen LogP) is 2.90. The first-order valence-electron chi connectivity index (χ1n) is 9.71. The van der Waals surface area contributed by atoms with Crippen molar-refractivity contribution >= 4 is 11.4 Å². The van der Waals surface area contributed by atoms with Crippen LogP contribution in [0.4, 0.5) is 0 Å². The lowest BCUT2D eigenvalue weighted by Crippen LogP contribution is -2.42. The number of carbonyl (C=O) groups excluding carboxylic acids is 1. The van der Waals surface area contributed by atoms with E-state index >= 15 is 0 Å². The number of rotatable bonds is 3. The van der Waals surface area contributed by atoms with E-state index in [2.05, 4.69) is 28.4 Å². The molecule has 5 nitrogen and oxygen atoms in total. The Hall–Kier alpha value is -2.89. The molecular formula is C23H22N2O3. The number of hydrogen-bond acceptors (Lipinski definition) is 5. The molecule has 2 N–H and O–H groups in total. The van der Waals surface area contributed by atoms with Gasteiger partial charge in [0.15, 0.2) is 5.76 Å². The van der Waals surface area contributed by atoms with Crippen molar-refractivity contribution in [3.8, 4) is 11.5 Å². The Morgan fingerprint density at radius 1 is 1.11 bits per heavy atom. The summed E-state index contributed by atoms with van der Waals surface area (Å²) in [6.45, 7) is 4.23. The highest BCUT2D eigenvalue weighted by Crippen LogP contribution is 2.41. The molecule has 1 fully saturated rings. The van der Waals surface area contributed by atoms with Crippen LogP contribution >= 0.6 is 0 Å². The fourth-order valence-corrected chi connectivity index (χ4v) is 4.13. The van der Waals surface area contributed by atoms with Gasteiger partial charge in [-0.25, -0.2) is 0 Å². The number of allylic oxidation sites excluding steroid dienone is 4. The SMILES string of the molecule is O=C1/C(=C/C2=CCc3ccccc32)Oc2c1ccc(O)c2CN1CCNCC1. The number of phenols is 1. The highest BCUT2D eigenvalue weighted by molar-refractivity contribution is 6.14. The standard InChI is InChI=1S/C23H22N2O3/c26-20-8-7-18-22(27)21(13-16-6-5-15-3-1-2-4-17(15)16)28-23(18)19(20)14-25-11-9-24-10-12-25/h1-4,6-8,13,24,26H,5,9-12,14H2/b21-13-. The van der Waals surface area contributed by atoms with Gasteiger partial charge in [0.1, 0.15) is 11.5 Å². The zero-order valence-electron chi connectivity index (χ0n) is 15.6. The molecule has 1 aliphatic carbocycles. The van der Waals surface area contributed by atoms with Crippen LogP contribution in [0, 0.1) is 0 Å². The van der Waals surface area contributed by atoms with Gasteiger partial charge in [-0.05, 0) is 41.3 Å². The number of benzene rings is 2. The molecule has 0 spiro atoms. The summed E-state index contributed by atoms with van der Waals surface area (Å²) in [5.41, 5.74) is 4.64. The van der Waals surface area contributed by atoms with Crippen LogP contribution in [0.5, 0.6) is 11.5 Å². The third-order valence-electron chi connectivity index (χ3n) is 5.66. The van der Waals surface area contributed by atoms with E-state index in [9.17, 15) is 9.90 Å². The number of nitrogens with one attached hydrogen (secondary N) is 1. The molecule has 5 heteroatoms. The van der Waals surface area contributed by atoms with Gasteiger partial charge in [-0.3, -0.25) is 9.69 Å². The third kappa shape index (κ3) is 2.93. The van der Waals surface area contributed by atoms with E-state index < -0.39 is 0 Å². The molecule has 0 unspecified atom stereocenters. The van der Waals surface area contributed by atoms with Gasteiger partial charge in [-0.15, -0.1) is 0 Å². The van der Waals surface area contributed by atoms with E-state index in [1.807, 2.05) is 18.2 Å². The molecule has 5 rings (SSSR count). The lowest BCUT2D eigenvalue weighted by Gasteiger charge is -2.27. The Balaban J connectivity index is 1.46. The molecule has 2 aromatic carbocycles. The zero-order chi connectivity index (χ0) is 19.1. The molecule has 3 aliphatic rings. The Morgan fingerprint density at radius 2 is 1.93 bits per heavy atom. The second-order valence-electron chi connectivity index (χ2n) is 7.43. The molecular weight excluding hydrogens is 352 g/mol. The van der Waals surface area contributed by atoms with E-state index in [1.54, 1.807) is 12.1 Å². The van der Waals surface area contributed by atoms with E-state index in [-0.39, 0.29) is 11.5 Å². The summed E-state index contributed by atoms with van der Waals surface area (Å²) in [6.07, 6.45) is 4.82. The van der Waals surface area contributed by atoms with Crippen LogP contribution in [0.25, 0.3) is 5.57 Å². The van der Waals surface area contributed by atoms with Crippen molar-refractivity contribution in [1.29, 1.82) is 0 Å². The number of carbonyl (C=O) groups is 1. The molecule has 0 radical (unpaired) electrons. The second kappa shape index (κ2) is 6.93. The van der Waals surface area contributed by atoms with Crippen LogP contribution in [0.2, 0.25) is 0 Å². The number of fused-ring (bicyclic) bond motifs is 2. The van der Waals surface area contributed by atoms with Crippen molar-refractivity contribution in [3.05, 3.63) is 76.6 Å². The van der Waals surface area contributed by atoms with Crippen molar-refractivity contribution < 1.29 is 14.6 Å². The first-order valence-corrected chi connectivity index (χ1v) is 9.71. The summed E-state index contributed by atoms with van der Waals surface area (Å²) in [6, 6.07) is 11.5. The normalized spacial score (nSPS) is 20.1. The fourth-order valence-electron chi connectivity index (χ4n) is 4.13. The Bertz CT molecular complexity index is 1020. The maximum atomic E-state index is 12.9. The average molecular weight is 374 g/mol. The van der Waals surface area contributed by atoms with Crippen molar-refractivity contribution in [2.75, 3.05) is 26.2 Å². The van der Waals surface area contributed by atoms with Crippen LogP contribution in [0.1, 0.15) is 27.0 Å². The van der Waals surface area contributed by atoms with Crippen LogP contribution in [-0.4, -0.2) is 42.0 Å². The highest BCUT2D eigenvalue weighted by atomic mass is 16.5. The molecule has 2 aromatic rings. The maximum absolute atomic E-state index is 12.9. The Morgan fingerprint density at radius 3 is 2.79 bits per heavy atom. The summed E-state index contributed by atoms with van der Waals surface area (Å²) in [7, 11) is 0. The topological polar surface area (TPSA) is 61.8 Å². The number of Topliss-reactive ketones (excluding diaryl/α,β-unsaturated/α-hetero) is 1. The van der Waals surface area contributed by atoms with Gasteiger partial charge in [-0.2, -0.15) is 0 Å². The Labute approximate surface area is 163 Å². The van der Waals surface area contributed by atoms with Crippen LogP contribution in [0.15, 0.2) is 54.3 Å². The summed E-state index contributed by atoms with van der Waals surface area (Å²) in [5.74, 6) is 0.880. The van der Waals surface area contributed by atoms with Crippen LogP contribution in [0.3, 0.4) is 0 Å². The smallest absolute Gasteiger partial charge is 0.231 e. The molecule has 0 atom stereocenters. The minimum atomic E-state index is -0.123. The van der Waals surface area contributed by atoms with Gasteiger partial charge in [0.2, 0.25) is 5.78 Å². The largest absolute Gasteiger partial charge is 0.507 e. The number of piperazine rings is 1. The first-order chi connectivity index (χ1) is 13.7. The predicted molar refractivity (Wildman–Crippen MR) is 107 cm³/mol. The van der Waals surface area contributed by atoms with E-state index in [0.717, 1.165) is 43.7 Å². The number of aromatic hydroxyl groups is 1. The van der Waals surface area contributed by atoms with Gasteiger partial charge >= 0.3 is 0 Å². The third-order valence-corrected chi connectivity index (χ3v) is 5.66. The van der Waals surface area contributed by atoms with Gasteiger partial charge in [0, 0.05) is 32.7 Å². The monoisotopic (exact) mass is 374 g/mol. The average Bonchev–Trinajstić information content (AvgIpc) is 3.27. The minimum absolute atomic E-state index is 0.123. The van der Waals surface area contributed by atoms with E-state index in [0.29, 0.717) is 29.2 Å². The van der Waals surface area contributed by atoms with Crippen LogP contribution < -0.4 is 10.1 Å². The summed E-state index contributed by atoms with van der Waals surface area (Å²) < 4.78 is 6.02. The molecule has 0 bridgehead atoms. The lowest BCUT2D eigenvalue weighted by atomic mass is 10.0. The summed E-state index contributed by atoms with van der Waals surface area (Å²) in [4.78, 5) is 15.2.